The van der Waals surface area contributed by atoms with Crippen LogP contribution in [0.2, 0.25) is 0 Å². The smallest absolute Gasteiger partial charge is 0.321 e. The third-order valence-electron chi connectivity index (χ3n) is 7.32. The fourth-order valence-electron chi connectivity index (χ4n) is 4.81. The highest BCUT2D eigenvalue weighted by Gasteiger charge is 2.35. The highest BCUT2D eigenvalue weighted by Crippen LogP contribution is 2.35. The zero-order valence-corrected chi connectivity index (χ0v) is 24.7. The molecular weight excluding hydrogens is 573 g/mol. The Morgan fingerprint density at radius 1 is 1.14 bits per heavy atom. The number of halogens is 1. The molecule has 0 radical (unpaired) electrons. The van der Waals surface area contributed by atoms with Gasteiger partial charge in [0.2, 0.25) is 0 Å². The van der Waals surface area contributed by atoms with E-state index in [4.69, 9.17) is 4.74 Å². The van der Waals surface area contributed by atoms with E-state index in [1.54, 1.807) is 37.1 Å². The minimum Gasteiger partial charge on any atom is -0.485 e. The van der Waals surface area contributed by atoms with Crippen molar-refractivity contribution in [1.82, 2.24) is 14.8 Å². The number of ether oxygens (including phenoxy) is 1. The van der Waals surface area contributed by atoms with Gasteiger partial charge in [0, 0.05) is 25.2 Å². The molecule has 0 unspecified atom stereocenters. The first-order chi connectivity index (χ1) is 20.6. The van der Waals surface area contributed by atoms with E-state index in [9.17, 15) is 23.9 Å². The van der Waals surface area contributed by atoms with Gasteiger partial charge >= 0.3 is 6.03 Å². The predicted octanol–water partition coefficient (Wildman–Crippen LogP) is 5.07. The van der Waals surface area contributed by atoms with E-state index in [-0.39, 0.29) is 53.5 Å². The lowest BCUT2D eigenvalue weighted by molar-refractivity contribution is 0.0372. The average Bonchev–Trinajstić information content (AvgIpc) is 3.44. The fourth-order valence-corrected chi connectivity index (χ4v) is 5.67. The average molecular weight is 606 g/mol. The molecule has 4 amide bonds. The monoisotopic (exact) mass is 605 g/mol. The molecular formula is C31H32FN5O5S. The van der Waals surface area contributed by atoms with Gasteiger partial charge in [-0.25, -0.2) is 14.2 Å². The second kappa shape index (κ2) is 12.8. The number of rotatable bonds is 7. The number of hydrogen-bond donors (Lipinski definition) is 3. The van der Waals surface area contributed by atoms with E-state index in [1.807, 2.05) is 31.2 Å². The van der Waals surface area contributed by atoms with Crippen LogP contribution in [0.3, 0.4) is 0 Å². The third-order valence-corrected chi connectivity index (χ3v) is 8.36. The van der Waals surface area contributed by atoms with Crippen molar-refractivity contribution in [2.45, 2.75) is 26.0 Å². The van der Waals surface area contributed by atoms with Crippen LogP contribution in [0, 0.1) is 11.7 Å². The topological polar surface area (TPSA) is 124 Å². The number of nitrogens with zero attached hydrogens (tertiary/aromatic N) is 3. The van der Waals surface area contributed by atoms with Crippen LogP contribution in [0.1, 0.15) is 34.0 Å². The van der Waals surface area contributed by atoms with Crippen LogP contribution in [0.15, 0.2) is 66.7 Å². The molecule has 3 atom stereocenters. The molecule has 2 heterocycles. The molecule has 3 aromatic carbocycles. The molecule has 5 rings (SSSR count). The van der Waals surface area contributed by atoms with Crippen molar-refractivity contribution in [3.63, 3.8) is 0 Å². The predicted molar refractivity (Wildman–Crippen MR) is 163 cm³/mol. The molecule has 1 aromatic heterocycles. The molecule has 0 saturated heterocycles. The molecule has 0 bridgehead atoms. The zero-order valence-electron chi connectivity index (χ0n) is 23.9. The summed E-state index contributed by atoms with van der Waals surface area (Å²) in [6.45, 7) is 3.80. The van der Waals surface area contributed by atoms with Crippen LogP contribution < -0.4 is 15.4 Å². The first kappa shape index (κ1) is 29.9. The highest BCUT2D eigenvalue weighted by molar-refractivity contribution is 7.20. The first-order valence-corrected chi connectivity index (χ1v) is 14.6. The maximum atomic E-state index is 13.7. The summed E-state index contributed by atoms with van der Waals surface area (Å²) >= 11 is 1.25. The van der Waals surface area contributed by atoms with Crippen LogP contribution in [-0.2, 0) is 0 Å². The molecule has 10 nitrogen and oxygen atoms in total. The zero-order chi connectivity index (χ0) is 30.7. The maximum Gasteiger partial charge on any atom is 0.321 e. The standard InChI is InChI=1S/C31H32FN5O5S/c1-18-15-37(19(2)17-38)30(40)22-7-6-9-24(34-28(39)29-35-23-8-4-5-10-26(23)43-29)27(22)42-25(18)16-36(3)31(41)33-21-13-11-20(32)12-14-21/h4-14,18-19,25,38H,15-17H2,1-3H3,(H,33,41)(H,34,39)/t18-,19+,25+/m0/s1. The van der Waals surface area contributed by atoms with Crippen LogP contribution >= 0.6 is 11.3 Å². The first-order valence-electron chi connectivity index (χ1n) is 13.8. The van der Waals surface area contributed by atoms with Crippen molar-refractivity contribution < 1.29 is 28.6 Å². The number of aromatic nitrogens is 1. The van der Waals surface area contributed by atoms with E-state index < -0.39 is 29.9 Å². The number of urea groups is 1. The Morgan fingerprint density at radius 3 is 2.60 bits per heavy atom. The maximum absolute atomic E-state index is 13.7. The second-order valence-electron chi connectivity index (χ2n) is 10.6. The van der Waals surface area contributed by atoms with Gasteiger partial charge in [-0.15, -0.1) is 11.3 Å². The number of thiazole rings is 1. The minimum absolute atomic E-state index is 0.128. The van der Waals surface area contributed by atoms with Gasteiger partial charge in [-0.2, -0.15) is 0 Å². The summed E-state index contributed by atoms with van der Waals surface area (Å²) in [7, 11) is 1.61. The van der Waals surface area contributed by atoms with Gasteiger partial charge < -0.3 is 30.3 Å². The van der Waals surface area contributed by atoms with Crippen molar-refractivity contribution in [2.75, 3.05) is 37.4 Å². The summed E-state index contributed by atoms with van der Waals surface area (Å²) in [5.74, 6) is -1.32. The van der Waals surface area contributed by atoms with Gasteiger partial charge in [0.1, 0.15) is 11.9 Å². The summed E-state index contributed by atoms with van der Waals surface area (Å²) in [5.41, 5.74) is 1.64. The number of carbonyl (C=O) groups is 3. The van der Waals surface area contributed by atoms with E-state index in [1.165, 1.54) is 40.5 Å². The lowest BCUT2D eigenvalue weighted by Gasteiger charge is -2.38. The van der Waals surface area contributed by atoms with E-state index in [0.717, 1.165) is 4.70 Å². The number of aliphatic hydroxyl groups excluding tert-OH is 1. The van der Waals surface area contributed by atoms with Crippen molar-refractivity contribution in [2.24, 2.45) is 5.92 Å². The van der Waals surface area contributed by atoms with Crippen molar-refractivity contribution in [1.29, 1.82) is 0 Å². The minimum atomic E-state index is -0.607. The lowest BCUT2D eigenvalue weighted by atomic mass is 9.99. The molecule has 1 aliphatic rings. The Bertz CT molecular complexity index is 1610. The largest absolute Gasteiger partial charge is 0.485 e. The molecule has 0 spiro atoms. The van der Waals surface area contributed by atoms with Gasteiger partial charge in [0.15, 0.2) is 10.8 Å². The summed E-state index contributed by atoms with van der Waals surface area (Å²) in [5, 5.41) is 15.8. The Balaban J connectivity index is 1.44. The third kappa shape index (κ3) is 6.60. The van der Waals surface area contributed by atoms with Crippen LogP contribution in [-0.4, -0.2) is 76.6 Å². The van der Waals surface area contributed by atoms with Gasteiger partial charge in [0.25, 0.3) is 11.8 Å². The number of amides is 4. The molecule has 1 aliphatic heterocycles. The molecule has 43 heavy (non-hydrogen) atoms. The number of para-hydroxylation sites is 2. The molecule has 3 N–H and O–H groups in total. The van der Waals surface area contributed by atoms with E-state index >= 15 is 0 Å². The second-order valence-corrected chi connectivity index (χ2v) is 11.6. The van der Waals surface area contributed by atoms with Crippen LogP contribution in [0.5, 0.6) is 5.75 Å². The lowest BCUT2D eigenvalue weighted by Crippen LogP contribution is -2.50. The quantitative estimate of drug-likeness (QED) is 0.270. The summed E-state index contributed by atoms with van der Waals surface area (Å²) < 4.78 is 20.7. The molecule has 224 valence electrons. The van der Waals surface area contributed by atoms with Gasteiger partial charge in [-0.05, 0) is 55.5 Å². The van der Waals surface area contributed by atoms with Gasteiger partial charge in [-0.3, -0.25) is 9.59 Å². The van der Waals surface area contributed by atoms with Crippen LogP contribution in [0.4, 0.5) is 20.6 Å². The van der Waals surface area contributed by atoms with E-state index in [0.29, 0.717) is 11.2 Å². The number of nitrogens with one attached hydrogen (secondary N) is 2. The molecule has 0 fully saturated rings. The van der Waals surface area contributed by atoms with E-state index in [2.05, 4.69) is 15.6 Å². The number of benzene rings is 3. The van der Waals surface area contributed by atoms with Crippen molar-refractivity contribution >= 4 is 50.8 Å². The molecule has 0 saturated carbocycles. The Labute approximate surface area is 252 Å². The van der Waals surface area contributed by atoms with Gasteiger partial charge in [-0.1, -0.05) is 25.1 Å². The Kier molecular flexibility index (Phi) is 8.88. The highest BCUT2D eigenvalue weighted by atomic mass is 32.1. The number of anilines is 2. The van der Waals surface area contributed by atoms with Gasteiger partial charge in [0.05, 0.1) is 40.7 Å². The molecule has 12 heteroatoms. The fraction of sp³-hybridized carbons (Fsp3) is 0.290. The number of hydrogen-bond acceptors (Lipinski definition) is 7. The SMILES string of the molecule is C[C@H](CO)N1C[C@H](C)[C@@H](CN(C)C(=O)Nc2ccc(F)cc2)Oc2c(NC(=O)c3nc4ccccc4s3)cccc2C1=O. The van der Waals surface area contributed by atoms with Crippen molar-refractivity contribution in [3.8, 4) is 5.75 Å². The number of likely N-dealkylation sites (N-methyl/N-ethyl adjacent to an activating group) is 1. The Morgan fingerprint density at radius 2 is 1.88 bits per heavy atom. The normalized spacial score (nSPS) is 17.3. The number of fused-ring (bicyclic) bond motifs is 2. The molecule has 4 aromatic rings. The summed E-state index contributed by atoms with van der Waals surface area (Å²) in [6.07, 6.45) is -0.607. The molecule has 0 aliphatic carbocycles. The number of carbonyl (C=O) groups excluding carboxylic acids is 3. The Hall–Kier alpha value is -4.55. The summed E-state index contributed by atoms with van der Waals surface area (Å²) in [4.78, 5) is 47.5. The van der Waals surface area contributed by atoms with Crippen molar-refractivity contribution in [3.05, 3.63) is 83.1 Å². The van der Waals surface area contributed by atoms with Crippen LogP contribution in [0.25, 0.3) is 10.2 Å². The summed E-state index contributed by atoms with van der Waals surface area (Å²) in [6, 6.07) is 16.9. The number of aliphatic hydroxyl groups is 1.